The van der Waals surface area contributed by atoms with Crippen LogP contribution in [0.1, 0.15) is 25.3 Å². The van der Waals surface area contributed by atoms with Gasteiger partial charge in [0.25, 0.3) is 0 Å². The van der Waals surface area contributed by atoms with Crippen molar-refractivity contribution in [2.45, 2.75) is 31.7 Å². The van der Waals surface area contributed by atoms with Gasteiger partial charge in [0, 0.05) is 5.54 Å². The van der Waals surface area contributed by atoms with Crippen molar-refractivity contribution in [3.8, 4) is 0 Å². The molecule has 0 heterocycles. The molecule has 1 unspecified atom stereocenters. The lowest BCUT2D eigenvalue weighted by molar-refractivity contribution is 0.447. The second-order valence-electron chi connectivity index (χ2n) is 4.46. The molecule has 0 bridgehead atoms. The summed E-state index contributed by atoms with van der Waals surface area (Å²) in [6, 6.07) is 10.5. The Morgan fingerprint density at radius 2 is 2.00 bits per heavy atom. The summed E-state index contributed by atoms with van der Waals surface area (Å²) >= 11 is 0. The van der Waals surface area contributed by atoms with Crippen LogP contribution in [0, 0.1) is 0 Å². The van der Waals surface area contributed by atoms with Gasteiger partial charge in [-0.2, -0.15) is 0 Å². The van der Waals surface area contributed by atoms with Gasteiger partial charge in [-0.15, -0.1) is 0 Å². The minimum absolute atomic E-state index is 0.0224. The highest BCUT2D eigenvalue weighted by molar-refractivity contribution is 5.23. The van der Waals surface area contributed by atoms with Crippen molar-refractivity contribution >= 4 is 0 Å². The highest BCUT2D eigenvalue weighted by atomic mass is 14.7. The number of hydrogen-bond acceptors (Lipinski definition) is 1. The third-order valence-electron chi connectivity index (χ3n) is 2.89. The van der Waals surface area contributed by atoms with Gasteiger partial charge < -0.3 is 5.73 Å². The Bertz CT molecular complexity index is 340. The zero-order chi connectivity index (χ0) is 10.0. The van der Waals surface area contributed by atoms with E-state index < -0.39 is 0 Å². The molecule has 1 aliphatic rings. The van der Waals surface area contributed by atoms with Crippen molar-refractivity contribution < 1.29 is 0 Å². The molecule has 1 nitrogen and oxygen atoms in total. The van der Waals surface area contributed by atoms with Gasteiger partial charge in [0.05, 0.1) is 0 Å². The van der Waals surface area contributed by atoms with E-state index in [0.717, 1.165) is 19.3 Å². The third kappa shape index (κ3) is 2.05. The molecule has 1 atom stereocenters. The molecule has 2 N–H and O–H groups in total. The van der Waals surface area contributed by atoms with Crippen molar-refractivity contribution in [3.63, 3.8) is 0 Å². The summed E-state index contributed by atoms with van der Waals surface area (Å²) in [7, 11) is 0. The first-order valence-corrected chi connectivity index (χ1v) is 5.16. The van der Waals surface area contributed by atoms with Crippen LogP contribution in [0.15, 0.2) is 42.0 Å². The van der Waals surface area contributed by atoms with Crippen molar-refractivity contribution in [2.24, 2.45) is 5.73 Å². The van der Waals surface area contributed by atoms with Gasteiger partial charge in [0.15, 0.2) is 0 Å². The van der Waals surface area contributed by atoms with E-state index in [1.54, 1.807) is 0 Å². The monoisotopic (exact) mass is 187 g/mol. The summed E-state index contributed by atoms with van der Waals surface area (Å²) in [4.78, 5) is 0. The maximum atomic E-state index is 6.33. The lowest BCUT2D eigenvalue weighted by Crippen LogP contribution is -2.39. The Kier molecular flexibility index (Phi) is 2.42. The standard InChI is InChI=1S/C13H17N/c1-11-7-8-13(14,9-11)10-12-5-3-2-4-6-12/h2-7H,8-10,14H2,1H3. The lowest BCUT2D eigenvalue weighted by Gasteiger charge is -2.24. The molecule has 74 valence electrons. The van der Waals surface area contributed by atoms with Crippen molar-refractivity contribution in [2.75, 3.05) is 0 Å². The van der Waals surface area contributed by atoms with Crippen LogP contribution in [-0.4, -0.2) is 5.54 Å². The number of hydrogen-bond donors (Lipinski definition) is 1. The van der Waals surface area contributed by atoms with E-state index in [2.05, 4.69) is 37.3 Å². The Morgan fingerprint density at radius 3 is 2.57 bits per heavy atom. The van der Waals surface area contributed by atoms with E-state index in [9.17, 15) is 0 Å². The van der Waals surface area contributed by atoms with Crippen LogP contribution >= 0.6 is 0 Å². The summed E-state index contributed by atoms with van der Waals surface area (Å²) in [5.74, 6) is 0. The molecule has 0 aromatic heterocycles. The van der Waals surface area contributed by atoms with Gasteiger partial charge in [-0.3, -0.25) is 0 Å². The van der Waals surface area contributed by atoms with Gasteiger partial charge in [0.2, 0.25) is 0 Å². The zero-order valence-electron chi connectivity index (χ0n) is 8.66. The lowest BCUT2D eigenvalue weighted by atomic mass is 9.89. The normalized spacial score (nSPS) is 26.3. The van der Waals surface area contributed by atoms with Crippen LogP contribution in [0.25, 0.3) is 0 Å². The molecule has 1 aliphatic carbocycles. The molecular weight excluding hydrogens is 170 g/mol. The first-order valence-electron chi connectivity index (χ1n) is 5.16. The average molecular weight is 187 g/mol. The number of nitrogens with two attached hydrogens (primary N) is 1. The molecule has 0 saturated heterocycles. The van der Waals surface area contributed by atoms with E-state index in [-0.39, 0.29) is 5.54 Å². The fraction of sp³-hybridized carbons (Fsp3) is 0.385. The maximum absolute atomic E-state index is 6.33. The molecule has 2 rings (SSSR count). The SMILES string of the molecule is CC1=CCC(N)(Cc2ccccc2)C1. The number of benzene rings is 1. The van der Waals surface area contributed by atoms with Crippen LogP contribution in [0.5, 0.6) is 0 Å². The van der Waals surface area contributed by atoms with E-state index >= 15 is 0 Å². The van der Waals surface area contributed by atoms with E-state index in [1.165, 1.54) is 11.1 Å². The summed E-state index contributed by atoms with van der Waals surface area (Å²) < 4.78 is 0. The van der Waals surface area contributed by atoms with Crippen molar-refractivity contribution in [1.82, 2.24) is 0 Å². The highest BCUT2D eigenvalue weighted by Crippen LogP contribution is 2.29. The predicted octanol–water partition coefficient (Wildman–Crippen LogP) is 2.67. The quantitative estimate of drug-likeness (QED) is 0.708. The van der Waals surface area contributed by atoms with E-state index in [4.69, 9.17) is 5.73 Å². The minimum atomic E-state index is -0.0224. The largest absolute Gasteiger partial charge is 0.324 e. The fourth-order valence-corrected chi connectivity index (χ4v) is 2.21. The van der Waals surface area contributed by atoms with Gasteiger partial charge in [-0.1, -0.05) is 42.0 Å². The zero-order valence-corrected chi connectivity index (χ0v) is 8.66. The Morgan fingerprint density at radius 1 is 1.29 bits per heavy atom. The molecule has 1 aromatic rings. The molecule has 0 aliphatic heterocycles. The summed E-state index contributed by atoms with van der Waals surface area (Å²) in [5.41, 5.74) is 9.09. The van der Waals surface area contributed by atoms with Gasteiger partial charge in [-0.05, 0) is 31.7 Å². The first kappa shape index (κ1) is 9.47. The molecule has 1 aromatic carbocycles. The predicted molar refractivity (Wildman–Crippen MR) is 60.1 cm³/mol. The topological polar surface area (TPSA) is 26.0 Å². The second kappa shape index (κ2) is 3.58. The first-order chi connectivity index (χ1) is 6.68. The van der Waals surface area contributed by atoms with Crippen LogP contribution in [0.2, 0.25) is 0 Å². The van der Waals surface area contributed by atoms with Crippen LogP contribution < -0.4 is 5.73 Å². The molecule has 1 heteroatoms. The van der Waals surface area contributed by atoms with Crippen LogP contribution in [0.4, 0.5) is 0 Å². The maximum Gasteiger partial charge on any atom is 0.0267 e. The van der Waals surface area contributed by atoms with Crippen molar-refractivity contribution in [3.05, 3.63) is 47.5 Å². The molecule has 0 amide bonds. The smallest absolute Gasteiger partial charge is 0.0267 e. The Balaban J connectivity index is 2.06. The molecular formula is C13H17N. The third-order valence-corrected chi connectivity index (χ3v) is 2.89. The fourth-order valence-electron chi connectivity index (χ4n) is 2.21. The van der Waals surface area contributed by atoms with Gasteiger partial charge >= 0.3 is 0 Å². The number of rotatable bonds is 2. The minimum Gasteiger partial charge on any atom is -0.324 e. The van der Waals surface area contributed by atoms with Crippen LogP contribution in [0.3, 0.4) is 0 Å². The summed E-state index contributed by atoms with van der Waals surface area (Å²) in [6.45, 7) is 2.17. The van der Waals surface area contributed by atoms with E-state index in [0.29, 0.717) is 0 Å². The highest BCUT2D eigenvalue weighted by Gasteiger charge is 2.28. The van der Waals surface area contributed by atoms with Gasteiger partial charge in [-0.25, -0.2) is 0 Å². The molecule has 0 spiro atoms. The van der Waals surface area contributed by atoms with Gasteiger partial charge in [0.1, 0.15) is 0 Å². The molecule has 0 fully saturated rings. The Labute approximate surface area is 85.6 Å². The second-order valence-corrected chi connectivity index (χ2v) is 4.46. The molecule has 14 heavy (non-hydrogen) atoms. The average Bonchev–Trinajstić information content (AvgIpc) is 2.47. The summed E-state index contributed by atoms with van der Waals surface area (Å²) in [6.07, 6.45) is 5.32. The van der Waals surface area contributed by atoms with Crippen molar-refractivity contribution in [1.29, 1.82) is 0 Å². The van der Waals surface area contributed by atoms with E-state index in [1.807, 2.05) is 6.07 Å². The Hall–Kier alpha value is -1.08. The molecule has 0 saturated carbocycles. The van der Waals surface area contributed by atoms with Crippen LogP contribution in [-0.2, 0) is 6.42 Å². The molecule has 0 radical (unpaired) electrons. The summed E-state index contributed by atoms with van der Waals surface area (Å²) in [5, 5.41) is 0.